The number of likely N-dealkylation sites (N-methyl/N-ethyl adjacent to an activating group) is 1. The fourth-order valence-electron chi connectivity index (χ4n) is 2.79. The van der Waals surface area contributed by atoms with E-state index in [1.54, 1.807) is 24.3 Å². The number of carbonyl (C=O) groups excluding carboxylic acids is 1. The zero-order chi connectivity index (χ0) is 15.2. The molecule has 1 aromatic rings. The Hall–Kier alpha value is -1.90. The van der Waals surface area contributed by atoms with E-state index in [0.717, 1.165) is 19.6 Å². The summed E-state index contributed by atoms with van der Waals surface area (Å²) in [6, 6.07) is 9.04. The van der Waals surface area contributed by atoms with Gasteiger partial charge in [0.05, 0.1) is 18.2 Å². The second kappa shape index (κ2) is 7.21. The van der Waals surface area contributed by atoms with Crippen LogP contribution in [-0.4, -0.2) is 56.0 Å². The largest absolute Gasteiger partial charge is 0.325 e. The lowest BCUT2D eigenvalue weighted by Crippen LogP contribution is -2.34. The Balaban J connectivity index is 1.79. The molecule has 1 atom stereocenters. The number of nitrogens with zero attached hydrogens (tertiary/aromatic N) is 3. The number of amides is 1. The first kappa shape index (κ1) is 15.5. The number of hydrogen-bond acceptors (Lipinski definition) is 4. The number of nitrogens with one attached hydrogen (secondary N) is 1. The number of benzene rings is 1. The van der Waals surface area contributed by atoms with Crippen molar-refractivity contribution < 1.29 is 4.79 Å². The van der Waals surface area contributed by atoms with E-state index >= 15 is 0 Å². The molecule has 1 N–H and O–H groups in total. The Kier molecular flexibility index (Phi) is 5.32. The molecule has 1 aliphatic rings. The summed E-state index contributed by atoms with van der Waals surface area (Å²) >= 11 is 0. The molecule has 112 valence electrons. The zero-order valence-electron chi connectivity index (χ0n) is 12.7. The number of anilines is 1. The predicted octanol–water partition coefficient (Wildman–Crippen LogP) is 1.38. The normalized spacial score (nSPS) is 18.7. The van der Waals surface area contributed by atoms with Crippen molar-refractivity contribution in [2.45, 2.75) is 6.42 Å². The maximum absolute atomic E-state index is 12.0. The van der Waals surface area contributed by atoms with Gasteiger partial charge < -0.3 is 10.2 Å². The van der Waals surface area contributed by atoms with E-state index in [-0.39, 0.29) is 5.91 Å². The van der Waals surface area contributed by atoms with Crippen molar-refractivity contribution in [3.63, 3.8) is 0 Å². The number of hydrogen-bond donors (Lipinski definition) is 1. The summed E-state index contributed by atoms with van der Waals surface area (Å²) in [5, 5.41) is 11.7. The van der Waals surface area contributed by atoms with Gasteiger partial charge in [-0.2, -0.15) is 5.26 Å². The van der Waals surface area contributed by atoms with E-state index < -0.39 is 0 Å². The molecule has 1 unspecified atom stereocenters. The average molecular weight is 286 g/mol. The van der Waals surface area contributed by atoms with Gasteiger partial charge in [0.15, 0.2) is 0 Å². The van der Waals surface area contributed by atoms with Crippen LogP contribution in [0.1, 0.15) is 12.0 Å². The number of nitriles is 1. The van der Waals surface area contributed by atoms with Gasteiger partial charge >= 0.3 is 0 Å². The third kappa shape index (κ3) is 4.85. The van der Waals surface area contributed by atoms with Crippen LogP contribution in [0.25, 0.3) is 0 Å². The van der Waals surface area contributed by atoms with Crippen molar-refractivity contribution in [2.75, 3.05) is 45.6 Å². The molecule has 0 radical (unpaired) electrons. The Morgan fingerprint density at radius 1 is 1.57 bits per heavy atom. The molecule has 1 heterocycles. The summed E-state index contributed by atoms with van der Waals surface area (Å²) < 4.78 is 0. The lowest BCUT2D eigenvalue weighted by molar-refractivity contribution is -0.117. The maximum Gasteiger partial charge on any atom is 0.238 e. The number of rotatable bonds is 5. The summed E-state index contributed by atoms with van der Waals surface area (Å²) in [5.41, 5.74) is 1.23. The first-order chi connectivity index (χ1) is 10.1. The highest BCUT2D eigenvalue weighted by Crippen LogP contribution is 2.15. The van der Waals surface area contributed by atoms with Crippen molar-refractivity contribution in [1.29, 1.82) is 5.26 Å². The van der Waals surface area contributed by atoms with Crippen LogP contribution in [0.3, 0.4) is 0 Å². The first-order valence-electron chi connectivity index (χ1n) is 7.24. The standard InChI is InChI=1S/C16H22N4O/c1-19-7-6-14(10-19)11-20(2)12-16(21)18-15-5-3-4-13(8-15)9-17/h3-5,8,14H,6-7,10-12H2,1-2H3,(H,18,21). The van der Waals surface area contributed by atoms with E-state index in [2.05, 4.69) is 28.2 Å². The maximum atomic E-state index is 12.0. The van der Waals surface area contributed by atoms with E-state index in [9.17, 15) is 4.79 Å². The molecule has 21 heavy (non-hydrogen) atoms. The molecule has 0 aromatic heterocycles. The first-order valence-corrected chi connectivity index (χ1v) is 7.24. The van der Waals surface area contributed by atoms with Crippen molar-refractivity contribution in [3.8, 4) is 6.07 Å². The highest BCUT2D eigenvalue weighted by atomic mass is 16.2. The third-order valence-electron chi connectivity index (χ3n) is 3.75. The van der Waals surface area contributed by atoms with Gasteiger partial charge in [0.2, 0.25) is 5.91 Å². The number of likely N-dealkylation sites (tertiary alicyclic amines) is 1. The van der Waals surface area contributed by atoms with Crippen molar-refractivity contribution in [1.82, 2.24) is 9.80 Å². The molecule has 1 amide bonds. The van der Waals surface area contributed by atoms with Crippen molar-refractivity contribution >= 4 is 11.6 Å². The zero-order valence-corrected chi connectivity index (χ0v) is 12.7. The van der Waals surface area contributed by atoms with Crippen LogP contribution in [0.15, 0.2) is 24.3 Å². The molecule has 1 aromatic carbocycles. The Bertz CT molecular complexity index is 537. The van der Waals surface area contributed by atoms with Crippen LogP contribution in [-0.2, 0) is 4.79 Å². The smallest absolute Gasteiger partial charge is 0.238 e. The highest BCUT2D eigenvalue weighted by molar-refractivity contribution is 5.92. The van der Waals surface area contributed by atoms with Gasteiger partial charge in [0, 0.05) is 18.8 Å². The second-order valence-corrected chi connectivity index (χ2v) is 5.85. The van der Waals surface area contributed by atoms with Gasteiger partial charge in [-0.15, -0.1) is 0 Å². The Morgan fingerprint density at radius 2 is 2.38 bits per heavy atom. The molecule has 1 aliphatic heterocycles. The van der Waals surface area contributed by atoms with Crippen molar-refractivity contribution in [3.05, 3.63) is 29.8 Å². The fourth-order valence-corrected chi connectivity index (χ4v) is 2.79. The molecule has 1 fully saturated rings. The van der Waals surface area contributed by atoms with Crippen LogP contribution >= 0.6 is 0 Å². The van der Waals surface area contributed by atoms with E-state index in [1.807, 2.05) is 7.05 Å². The van der Waals surface area contributed by atoms with Crippen LogP contribution in [0, 0.1) is 17.2 Å². The van der Waals surface area contributed by atoms with E-state index in [0.29, 0.717) is 23.7 Å². The predicted molar refractivity (Wildman–Crippen MR) is 82.9 cm³/mol. The van der Waals surface area contributed by atoms with Gasteiger partial charge in [-0.05, 0) is 51.2 Å². The monoisotopic (exact) mass is 286 g/mol. The minimum Gasteiger partial charge on any atom is -0.325 e. The van der Waals surface area contributed by atoms with E-state index in [1.165, 1.54) is 6.42 Å². The summed E-state index contributed by atoms with van der Waals surface area (Å²) in [5.74, 6) is 0.605. The molecular weight excluding hydrogens is 264 g/mol. The van der Waals surface area contributed by atoms with Crippen LogP contribution < -0.4 is 5.32 Å². The average Bonchev–Trinajstić information content (AvgIpc) is 2.83. The third-order valence-corrected chi connectivity index (χ3v) is 3.75. The van der Waals surface area contributed by atoms with Gasteiger partial charge in [-0.25, -0.2) is 0 Å². The molecule has 0 spiro atoms. The Morgan fingerprint density at radius 3 is 3.05 bits per heavy atom. The van der Waals surface area contributed by atoms with Crippen LogP contribution in [0.4, 0.5) is 5.69 Å². The summed E-state index contributed by atoms with van der Waals surface area (Å²) in [4.78, 5) is 16.4. The molecule has 0 bridgehead atoms. The lowest BCUT2D eigenvalue weighted by Gasteiger charge is -2.20. The van der Waals surface area contributed by atoms with Crippen LogP contribution in [0.2, 0.25) is 0 Å². The summed E-state index contributed by atoms with van der Waals surface area (Å²) in [7, 11) is 4.11. The molecular formula is C16H22N4O. The molecule has 5 heteroatoms. The van der Waals surface area contributed by atoms with Gasteiger partial charge in [-0.3, -0.25) is 9.69 Å². The second-order valence-electron chi connectivity index (χ2n) is 5.85. The lowest BCUT2D eigenvalue weighted by atomic mass is 10.1. The molecule has 0 saturated carbocycles. The minimum atomic E-state index is -0.0426. The number of carbonyl (C=O) groups is 1. The molecule has 5 nitrogen and oxygen atoms in total. The quantitative estimate of drug-likeness (QED) is 0.888. The van der Waals surface area contributed by atoms with Gasteiger partial charge in [0.1, 0.15) is 0 Å². The summed E-state index contributed by atoms with van der Waals surface area (Å²) in [6.45, 7) is 3.56. The van der Waals surface area contributed by atoms with Crippen molar-refractivity contribution in [2.24, 2.45) is 5.92 Å². The van der Waals surface area contributed by atoms with Gasteiger partial charge in [0.25, 0.3) is 0 Å². The fraction of sp³-hybridized carbons (Fsp3) is 0.500. The summed E-state index contributed by atoms with van der Waals surface area (Å²) in [6.07, 6.45) is 1.20. The Labute approximate surface area is 126 Å². The van der Waals surface area contributed by atoms with Gasteiger partial charge in [-0.1, -0.05) is 6.07 Å². The highest BCUT2D eigenvalue weighted by Gasteiger charge is 2.21. The molecule has 2 rings (SSSR count). The minimum absolute atomic E-state index is 0.0426. The SMILES string of the molecule is CN1CCC(CN(C)CC(=O)Nc2cccc(C#N)c2)C1. The van der Waals surface area contributed by atoms with Crippen LogP contribution in [0.5, 0.6) is 0 Å². The molecule has 0 aliphatic carbocycles. The van der Waals surface area contributed by atoms with E-state index in [4.69, 9.17) is 5.26 Å². The molecule has 1 saturated heterocycles. The topological polar surface area (TPSA) is 59.4 Å².